The van der Waals surface area contributed by atoms with Crippen LogP contribution >= 0.6 is 12.2 Å². The Kier molecular flexibility index (Phi) is 3.79. The fraction of sp³-hybridized carbons (Fsp3) is 0.833. The number of hydrogen-bond acceptors (Lipinski definition) is 2. The summed E-state index contributed by atoms with van der Waals surface area (Å²) < 4.78 is 0. The molecule has 16 heavy (non-hydrogen) atoms. The molecule has 2 aliphatic rings. The minimum absolute atomic E-state index is 0.245. The second-order valence-electron chi connectivity index (χ2n) is 5.01. The maximum Gasteiger partial charge on any atom is 0.225 e. The summed E-state index contributed by atoms with van der Waals surface area (Å²) in [6, 6.07) is 0. The van der Waals surface area contributed by atoms with Gasteiger partial charge in [0, 0.05) is 24.9 Å². The molecule has 1 atom stereocenters. The van der Waals surface area contributed by atoms with Crippen LogP contribution < -0.4 is 5.73 Å². The Morgan fingerprint density at radius 3 is 2.38 bits per heavy atom. The summed E-state index contributed by atoms with van der Waals surface area (Å²) in [6.07, 6.45) is 6.66. The summed E-state index contributed by atoms with van der Waals surface area (Å²) >= 11 is 5.03. The number of carbonyl (C=O) groups excluding carboxylic acids is 1. The van der Waals surface area contributed by atoms with Gasteiger partial charge < -0.3 is 10.6 Å². The van der Waals surface area contributed by atoms with Crippen LogP contribution in [0.5, 0.6) is 0 Å². The van der Waals surface area contributed by atoms with E-state index in [1.54, 1.807) is 0 Å². The van der Waals surface area contributed by atoms with Crippen LogP contribution in [0.15, 0.2) is 0 Å². The van der Waals surface area contributed by atoms with Crippen molar-refractivity contribution in [3.63, 3.8) is 0 Å². The van der Waals surface area contributed by atoms with E-state index in [1.807, 2.05) is 4.90 Å². The number of piperidine rings is 1. The quantitative estimate of drug-likeness (QED) is 0.747. The lowest BCUT2D eigenvalue weighted by Gasteiger charge is -2.33. The van der Waals surface area contributed by atoms with Crippen molar-refractivity contribution in [1.29, 1.82) is 0 Å². The molecule has 2 N–H and O–H groups in total. The van der Waals surface area contributed by atoms with E-state index in [4.69, 9.17) is 18.0 Å². The van der Waals surface area contributed by atoms with Gasteiger partial charge in [-0.2, -0.15) is 0 Å². The van der Waals surface area contributed by atoms with Gasteiger partial charge in [-0.15, -0.1) is 0 Å². The van der Waals surface area contributed by atoms with Gasteiger partial charge in [0.05, 0.1) is 4.99 Å². The molecule has 0 bridgehead atoms. The molecule has 3 nitrogen and oxygen atoms in total. The van der Waals surface area contributed by atoms with Crippen molar-refractivity contribution in [3.05, 3.63) is 0 Å². The maximum absolute atomic E-state index is 12.2. The van der Waals surface area contributed by atoms with Crippen LogP contribution in [0.2, 0.25) is 0 Å². The van der Waals surface area contributed by atoms with Crippen molar-refractivity contribution >= 4 is 23.1 Å². The molecule has 1 heterocycles. The van der Waals surface area contributed by atoms with Crippen LogP contribution in [0, 0.1) is 11.8 Å². The van der Waals surface area contributed by atoms with E-state index in [2.05, 4.69) is 0 Å². The minimum Gasteiger partial charge on any atom is -0.393 e. The van der Waals surface area contributed by atoms with E-state index < -0.39 is 0 Å². The van der Waals surface area contributed by atoms with Crippen LogP contribution in [0.1, 0.15) is 38.5 Å². The van der Waals surface area contributed by atoms with Crippen molar-refractivity contribution in [2.75, 3.05) is 13.1 Å². The SMILES string of the molecule is NC(=S)C1CCCN(C(=O)C2CCCC2)C1. The first-order valence-corrected chi connectivity index (χ1v) is 6.67. The lowest BCUT2D eigenvalue weighted by molar-refractivity contribution is -0.136. The minimum atomic E-state index is 0.245. The van der Waals surface area contributed by atoms with E-state index in [9.17, 15) is 4.79 Å². The third-order valence-electron chi connectivity index (χ3n) is 3.84. The van der Waals surface area contributed by atoms with E-state index in [-0.39, 0.29) is 11.8 Å². The van der Waals surface area contributed by atoms with Crippen LogP contribution in [0.3, 0.4) is 0 Å². The average Bonchev–Trinajstić information content (AvgIpc) is 2.81. The molecule has 0 aromatic heterocycles. The highest BCUT2D eigenvalue weighted by atomic mass is 32.1. The first-order valence-electron chi connectivity index (χ1n) is 6.26. The van der Waals surface area contributed by atoms with Gasteiger partial charge in [-0.05, 0) is 25.7 Å². The van der Waals surface area contributed by atoms with Gasteiger partial charge in [0.2, 0.25) is 5.91 Å². The lowest BCUT2D eigenvalue weighted by Crippen LogP contribution is -2.45. The summed E-state index contributed by atoms with van der Waals surface area (Å²) in [4.78, 5) is 14.8. The topological polar surface area (TPSA) is 46.3 Å². The number of nitrogens with zero attached hydrogens (tertiary/aromatic N) is 1. The second-order valence-corrected chi connectivity index (χ2v) is 5.48. The molecule has 1 unspecified atom stereocenters. The molecule has 1 saturated heterocycles. The van der Waals surface area contributed by atoms with Crippen LogP contribution in [0.25, 0.3) is 0 Å². The average molecular weight is 240 g/mol. The van der Waals surface area contributed by atoms with Crippen LogP contribution in [-0.4, -0.2) is 28.9 Å². The highest BCUT2D eigenvalue weighted by Crippen LogP contribution is 2.28. The zero-order chi connectivity index (χ0) is 11.5. The molecule has 1 amide bonds. The number of likely N-dealkylation sites (tertiary alicyclic amines) is 1. The van der Waals surface area contributed by atoms with Gasteiger partial charge in [-0.3, -0.25) is 4.79 Å². The third kappa shape index (κ3) is 2.54. The molecule has 0 radical (unpaired) electrons. The molecule has 0 aromatic rings. The molecular weight excluding hydrogens is 220 g/mol. The number of nitrogens with two attached hydrogens (primary N) is 1. The Morgan fingerprint density at radius 1 is 1.12 bits per heavy atom. The zero-order valence-corrected chi connectivity index (χ0v) is 10.5. The predicted molar refractivity (Wildman–Crippen MR) is 68.0 cm³/mol. The van der Waals surface area contributed by atoms with Gasteiger partial charge in [0.25, 0.3) is 0 Å². The number of rotatable bonds is 2. The van der Waals surface area contributed by atoms with E-state index in [1.165, 1.54) is 12.8 Å². The van der Waals surface area contributed by atoms with Gasteiger partial charge in [-0.1, -0.05) is 25.1 Å². The van der Waals surface area contributed by atoms with Gasteiger partial charge in [0.1, 0.15) is 0 Å². The molecule has 0 spiro atoms. The Bertz CT molecular complexity index is 287. The van der Waals surface area contributed by atoms with Crippen molar-refractivity contribution in [2.45, 2.75) is 38.5 Å². The third-order valence-corrected chi connectivity index (χ3v) is 4.17. The molecule has 0 aromatic carbocycles. The monoisotopic (exact) mass is 240 g/mol. The lowest BCUT2D eigenvalue weighted by atomic mass is 9.96. The van der Waals surface area contributed by atoms with Crippen LogP contribution in [0.4, 0.5) is 0 Å². The van der Waals surface area contributed by atoms with Crippen molar-refractivity contribution in [3.8, 4) is 0 Å². The molecular formula is C12H20N2OS. The van der Waals surface area contributed by atoms with Crippen LogP contribution in [-0.2, 0) is 4.79 Å². The van der Waals surface area contributed by atoms with E-state index >= 15 is 0 Å². The Hall–Kier alpha value is -0.640. The highest BCUT2D eigenvalue weighted by molar-refractivity contribution is 7.80. The first-order chi connectivity index (χ1) is 7.68. The molecule has 1 saturated carbocycles. The summed E-state index contributed by atoms with van der Waals surface area (Å²) in [5.41, 5.74) is 5.68. The number of carbonyl (C=O) groups is 1. The predicted octanol–water partition coefficient (Wildman–Crippen LogP) is 1.70. The Labute approximate surface area is 102 Å². The molecule has 1 aliphatic carbocycles. The smallest absolute Gasteiger partial charge is 0.225 e. The molecule has 2 rings (SSSR count). The molecule has 1 aliphatic heterocycles. The summed E-state index contributed by atoms with van der Waals surface area (Å²) in [6.45, 7) is 1.65. The molecule has 4 heteroatoms. The van der Waals surface area contributed by atoms with Crippen molar-refractivity contribution in [1.82, 2.24) is 4.90 Å². The summed E-state index contributed by atoms with van der Waals surface area (Å²) in [7, 11) is 0. The fourth-order valence-corrected chi connectivity index (χ4v) is 3.03. The standard InChI is InChI=1S/C12H20N2OS/c13-11(16)10-6-3-7-14(8-10)12(15)9-4-1-2-5-9/h9-10H,1-8H2,(H2,13,16). The summed E-state index contributed by atoms with van der Waals surface area (Å²) in [5, 5.41) is 0. The largest absolute Gasteiger partial charge is 0.393 e. The zero-order valence-electron chi connectivity index (χ0n) is 9.65. The van der Waals surface area contributed by atoms with E-state index in [0.29, 0.717) is 10.9 Å². The van der Waals surface area contributed by atoms with Crippen molar-refractivity contribution in [2.24, 2.45) is 17.6 Å². The van der Waals surface area contributed by atoms with Gasteiger partial charge in [-0.25, -0.2) is 0 Å². The number of amides is 1. The summed E-state index contributed by atoms with van der Waals surface area (Å²) in [5.74, 6) is 0.873. The first kappa shape index (κ1) is 11.8. The van der Waals surface area contributed by atoms with E-state index in [0.717, 1.165) is 38.8 Å². The highest BCUT2D eigenvalue weighted by Gasteiger charge is 2.31. The Morgan fingerprint density at radius 2 is 1.75 bits per heavy atom. The maximum atomic E-state index is 12.2. The van der Waals surface area contributed by atoms with Gasteiger partial charge >= 0.3 is 0 Å². The second kappa shape index (κ2) is 5.13. The van der Waals surface area contributed by atoms with Gasteiger partial charge in [0.15, 0.2) is 0 Å². The Balaban J connectivity index is 1.93. The number of thiocarbonyl (C=S) groups is 1. The fourth-order valence-electron chi connectivity index (χ4n) is 2.84. The molecule has 90 valence electrons. The van der Waals surface area contributed by atoms with Crippen molar-refractivity contribution < 1.29 is 4.79 Å². The number of hydrogen-bond donors (Lipinski definition) is 1. The normalized spacial score (nSPS) is 27.0. The molecule has 2 fully saturated rings.